The fraction of sp³-hybridized carbons (Fsp3) is 0.800. The number of aromatic nitrogens is 2. The van der Waals surface area contributed by atoms with Crippen molar-refractivity contribution in [1.29, 1.82) is 0 Å². The van der Waals surface area contributed by atoms with E-state index in [1.54, 1.807) is 0 Å². The standard InChI is InChI=1S/C15H27N3O/c1-3-10-16-14(15-9-11-18(2)17-15)8-4-6-13-7-5-12-19-13/h9,11,13-14,16H,3-8,10,12H2,1-2H3. The first kappa shape index (κ1) is 14.5. The van der Waals surface area contributed by atoms with Crippen LogP contribution in [-0.4, -0.2) is 29.0 Å². The van der Waals surface area contributed by atoms with Crippen molar-refractivity contribution in [3.05, 3.63) is 18.0 Å². The SMILES string of the molecule is CCCNC(CCCC1CCCO1)c1ccn(C)n1. The summed E-state index contributed by atoms with van der Waals surface area (Å²) in [6.07, 6.45) is 9.73. The molecule has 0 aliphatic carbocycles. The molecule has 0 spiro atoms. The van der Waals surface area contributed by atoms with E-state index in [1.807, 2.05) is 17.9 Å². The number of nitrogens with one attached hydrogen (secondary N) is 1. The lowest BCUT2D eigenvalue weighted by Gasteiger charge is -2.17. The predicted octanol–water partition coefficient (Wildman–Crippen LogP) is 2.81. The monoisotopic (exact) mass is 265 g/mol. The molecule has 4 nitrogen and oxygen atoms in total. The lowest BCUT2D eigenvalue weighted by atomic mass is 10.0. The van der Waals surface area contributed by atoms with Crippen molar-refractivity contribution in [2.24, 2.45) is 7.05 Å². The van der Waals surface area contributed by atoms with Crippen molar-refractivity contribution in [2.75, 3.05) is 13.2 Å². The lowest BCUT2D eigenvalue weighted by Crippen LogP contribution is -2.23. The average molecular weight is 265 g/mol. The third-order valence-electron chi connectivity index (χ3n) is 3.77. The predicted molar refractivity (Wildman–Crippen MR) is 77.1 cm³/mol. The molecule has 1 N–H and O–H groups in total. The molecule has 4 heteroatoms. The molecule has 0 saturated carbocycles. The third-order valence-corrected chi connectivity index (χ3v) is 3.77. The molecule has 2 unspecified atom stereocenters. The van der Waals surface area contributed by atoms with Crippen LogP contribution in [0.25, 0.3) is 0 Å². The van der Waals surface area contributed by atoms with E-state index in [9.17, 15) is 0 Å². The highest BCUT2D eigenvalue weighted by Crippen LogP contribution is 2.22. The summed E-state index contributed by atoms with van der Waals surface area (Å²) in [6, 6.07) is 2.52. The number of nitrogens with zero attached hydrogens (tertiary/aromatic N) is 2. The van der Waals surface area contributed by atoms with Crippen LogP contribution in [0.4, 0.5) is 0 Å². The second-order valence-electron chi connectivity index (χ2n) is 5.49. The third kappa shape index (κ3) is 4.62. The molecular weight excluding hydrogens is 238 g/mol. The zero-order valence-electron chi connectivity index (χ0n) is 12.3. The number of hydrogen-bond donors (Lipinski definition) is 1. The molecule has 1 aromatic heterocycles. The van der Waals surface area contributed by atoms with Crippen LogP contribution in [-0.2, 0) is 11.8 Å². The molecule has 1 aromatic rings. The van der Waals surface area contributed by atoms with E-state index in [1.165, 1.54) is 31.4 Å². The Morgan fingerprint density at radius 1 is 1.58 bits per heavy atom. The van der Waals surface area contributed by atoms with Crippen molar-refractivity contribution in [1.82, 2.24) is 15.1 Å². The molecule has 1 saturated heterocycles. The van der Waals surface area contributed by atoms with Gasteiger partial charge in [-0.05, 0) is 51.1 Å². The van der Waals surface area contributed by atoms with Gasteiger partial charge in [0.25, 0.3) is 0 Å². The maximum Gasteiger partial charge on any atom is 0.0793 e. The molecule has 0 radical (unpaired) electrons. The van der Waals surface area contributed by atoms with E-state index in [0.717, 1.165) is 26.0 Å². The van der Waals surface area contributed by atoms with Gasteiger partial charge in [0.05, 0.1) is 17.8 Å². The molecule has 0 bridgehead atoms. The Kier molecular flexibility index (Phi) is 5.86. The Labute approximate surface area is 116 Å². The summed E-state index contributed by atoms with van der Waals surface area (Å²) in [4.78, 5) is 0. The van der Waals surface area contributed by atoms with Gasteiger partial charge in [-0.15, -0.1) is 0 Å². The minimum absolute atomic E-state index is 0.391. The minimum atomic E-state index is 0.391. The lowest BCUT2D eigenvalue weighted by molar-refractivity contribution is 0.101. The molecule has 1 aliphatic heterocycles. The van der Waals surface area contributed by atoms with Crippen molar-refractivity contribution in [3.63, 3.8) is 0 Å². The zero-order chi connectivity index (χ0) is 13.5. The van der Waals surface area contributed by atoms with Crippen LogP contribution in [0.3, 0.4) is 0 Å². The van der Waals surface area contributed by atoms with Gasteiger partial charge in [0.2, 0.25) is 0 Å². The van der Waals surface area contributed by atoms with Crippen LogP contribution >= 0.6 is 0 Å². The topological polar surface area (TPSA) is 39.1 Å². The van der Waals surface area contributed by atoms with E-state index in [4.69, 9.17) is 4.74 Å². The Hall–Kier alpha value is -0.870. The smallest absolute Gasteiger partial charge is 0.0793 e. The normalized spacial score (nSPS) is 20.8. The van der Waals surface area contributed by atoms with Gasteiger partial charge >= 0.3 is 0 Å². The van der Waals surface area contributed by atoms with Crippen LogP contribution in [0.5, 0.6) is 0 Å². The largest absolute Gasteiger partial charge is 0.378 e. The molecule has 2 rings (SSSR count). The van der Waals surface area contributed by atoms with Crippen LogP contribution < -0.4 is 5.32 Å². The van der Waals surface area contributed by atoms with E-state index < -0.39 is 0 Å². The van der Waals surface area contributed by atoms with Crippen LogP contribution in [0, 0.1) is 0 Å². The highest BCUT2D eigenvalue weighted by Gasteiger charge is 2.17. The maximum atomic E-state index is 5.69. The Bertz CT molecular complexity index is 358. The molecule has 2 heterocycles. The number of hydrogen-bond acceptors (Lipinski definition) is 3. The summed E-state index contributed by atoms with van der Waals surface area (Å²) >= 11 is 0. The first-order valence-corrected chi connectivity index (χ1v) is 7.64. The van der Waals surface area contributed by atoms with Gasteiger partial charge in [-0.2, -0.15) is 5.10 Å². The van der Waals surface area contributed by atoms with Crippen molar-refractivity contribution < 1.29 is 4.74 Å². The van der Waals surface area contributed by atoms with Gasteiger partial charge < -0.3 is 10.1 Å². The van der Waals surface area contributed by atoms with E-state index >= 15 is 0 Å². The fourth-order valence-corrected chi connectivity index (χ4v) is 2.71. The first-order chi connectivity index (χ1) is 9.29. The van der Waals surface area contributed by atoms with Crippen molar-refractivity contribution in [3.8, 4) is 0 Å². The molecule has 108 valence electrons. The van der Waals surface area contributed by atoms with Crippen molar-refractivity contribution >= 4 is 0 Å². The molecule has 1 fully saturated rings. The number of rotatable bonds is 8. The Morgan fingerprint density at radius 2 is 2.47 bits per heavy atom. The van der Waals surface area contributed by atoms with Crippen molar-refractivity contribution in [2.45, 2.75) is 57.6 Å². The average Bonchev–Trinajstić information content (AvgIpc) is 3.05. The second kappa shape index (κ2) is 7.65. The summed E-state index contributed by atoms with van der Waals surface area (Å²) in [7, 11) is 1.98. The van der Waals surface area contributed by atoms with E-state index in [-0.39, 0.29) is 0 Å². The molecule has 0 aromatic carbocycles. The van der Waals surface area contributed by atoms with Gasteiger partial charge in [-0.25, -0.2) is 0 Å². The van der Waals surface area contributed by atoms with Gasteiger partial charge in [-0.3, -0.25) is 4.68 Å². The first-order valence-electron chi connectivity index (χ1n) is 7.64. The molecule has 1 aliphatic rings. The van der Waals surface area contributed by atoms with E-state index in [0.29, 0.717) is 12.1 Å². The molecule has 0 amide bonds. The van der Waals surface area contributed by atoms with Crippen LogP contribution in [0.2, 0.25) is 0 Å². The van der Waals surface area contributed by atoms with Gasteiger partial charge in [0.15, 0.2) is 0 Å². The quantitative estimate of drug-likeness (QED) is 0.785. The van der Waals surface area contributed by atoms with Gasteiger partial charge in [0.1, 0.15) is 0 Å². The highest BCUT2D eigenvalue weighted by molar-refractivity contribution is 5.05. The summed E-state index contributed by atoms with van der Waals surface area (Å²) in [6.45, 7) is 4.22. The maximum absolute atomic E-state index is 5.69. The van der Waals surface area contributed by atoms with E-state index in [2.05, 4.69) is 23.4 Å². The summed E-state index contributed by atoms with van der Waals surface area (Å²) in [5.41, 5.74) is 1.17. The summed E-state index contributed by atoms with van der Waals surface area (Å²) in [5, 5.41) is 8.15. The van der Waals surface area contributed by atoms with Crippen LogP contribution in [0.15, 0.2) is 12.3 Å². The highest BCUT2D eigenvalue weighted by atomic mass is 16.5. The number of aryl methyl sites for hydroxylation is 1. The molecule has 2 atom stereocenters. The van der Waals surface area contributed by atoms with Gasteiger partial charge in [0, 0.05) is 19.9 Å². The summed E-state index contributed by atoms with van der Waals surface area (Å²) < 4.78 is 7.57. The Balaban J connectivity index is 1.79. The minimum Gasteiger partial charge on any atom is -0.378 e. The Morgan fingerprint density at radius 3 is 3.11 bits per heavy atom. The molecule has 19 heavy (non-hydrogen) atoms. The summed E-state index contributed by atoms with van der Waals surface area (Å²) in [5.74, 6) is 0. The molecular formula is C15H27N3O. The van der Waals surface area contributed by atoms with Crippen LogP contribution in [0.1, 0.15) is 57.2 Å². The van der Waals surface area contributed by atoms with Gasteiger partial charge in [-0.1, -0.05) is 6.92 Å². The zero-order valence-corrected chi connectivity index (χ0v) is 12.3. The fourth-order valence-electron chi connectivity index (χ4n) is 2.71. The second-order valence-corrected chi connectivity index (χ2v) is 5.49. The number of ether oxygens (including phenoxy) is 1.